The first-order valence-corrected chi connectivity index (χ1v) is 17.0. The van der Waals surface area contributed by atoms with Crippen molar-refractivity contribution in [3.05, 3.63) is 88.3 Å². The number of aryl methyl sites for hydroxylation is 2. The van der Waals surface area contributed by atoms with Crippen molar-refractivity contribution in [2.24, 2.45) is 17.3 Å². The Bertz CT molecular complexity index is 1730. The van der Waals surface area contributed by atoms with Crippen molar-refractivity contribution in [3.8, 4) is 11.3 Å². The van der Waals surface area contributed by atoms with Crippen molar-refractivity contribution >= 4 is 27.3 Å². The van der Waals surface area contributed by atoms with Crippen molar-refractivity contribution in [1.82, 2.24) is 4.98 Å². The minimum Gasteiger partial charge on any atom is -0.512 e. The molecule has 1 heterocycles. The molecule has 0 atom stereocenters. The van der Waals surface area contributed by atoms with Crippen LogP contribution in [-0.4, -0.2) is 15.9 Å². The fourth-order valence-electron chi connectivity index (χ4n) is 7.07. The van der Waals surface area contributed by atoms with E-state index >= 15 is 0 Å². The van der Waals surface area contributed by atoms with Crippen LogP contribution in [0.4, 0.5) is 0 Å². The van der Waals surface area contributed by atoms with Gasteiger partial charge in [-0.15, -0.1) is 23.6 Å². The predicted octanol–water partition coefficient (Wildman–Crippen LogP) is 11.6. The minimum absolute atomic E-state index is 0. The number of hydrogen-bond acceptors (Lipinski definition) is 3. The van der Waals surface area contributed by atoms with E-state index < -0.39 is 0 Å². The van der Waals surface area contributed by atoms with E-state index in [-0.39, 0.29) is 54.3 Å². The minimum atomic E-state index is -0.0977. The van der Waals surface area contributed by atoms with Gasteiger partial charge in [0, 0.05) is 49.9 Å². The van der Waals surface area contributed by atoms with E-state index in [1.165, 1.54) is 61.0 Å². The number of nitrogens with zero attached hydrogens (tertiary/aromatic N) is 1. The van der Waals surface area contributed by atoms with Crippen LogP contribution >= 0.6 is 0 Å². The number of aliphatic hydroxyl groups excluding tert-OH is 1. The maximum absolute atomic E-state index is 11.7. The number of pyridine rings is 1. The van der Waals surface area contributed by atoms with E-state index in [0.717, 1.165) is 37.8 Å². The van der Waals surface area contributed by atoms with E-state index in [2.05, 4.69) is 90.9 Å². The fraction of sp³-hybridized carbons (Fsp3) is 0.476. The van der Waals surface area contributed by atoms with Gasteiger partial charge in [0.05, 0.1) is 5.76 Å². The predicted molar refractivity (Wildman–Crippen MR) is 192 cm³/mol. The molecule has 1 aromatic heterocycles. The molecule has 0 saturated heterocycles. The van der Waals surface area contributed by atoms with E-state index in [0.29, 0.717) is 0 Å². The smallest absolute Gasteiger partial charge is 0.162 e. The van der Waals surface area contributed by atoms with Crippen LogP contribution in [-0.2, 0) is 36.7 Å². The molecule has 1 aliphatic rings. The Balaban J connectivity index is 0.000000309. The number of carbonyl (C=O) groups is 1. The summed E-state index contributed by atoms with van der Waals surface area (Å²) in [6, 6.07) is 17.7. The molecule has 0 bridgehead atoms. The van der Waals surface area contributed by atoms with Crippen molar-refractivity contribution in [1.29, 1.82) is 0 Å². The molecule has 0 spiro atoms. The zero-order chi connectivity index (χ0) is 33.3. The molecule has 4 aromatic rings. The number of rotatable bonds is 8. The molecule has 1 N–H and O–H groups in total. The van der Waals surface area contributed by atoms with E-state index in [1.54, 1.807) is 0 Å². The Kier molecular flexibility index (Phi) is 12.2. The second-order valence-corrected chi connectivity index (χ2v) is 14.9. The van der Waals surface area contributed by atoms with Crippen LogP contribution in [0.2, 0.25) is 0 Å². The number of hydrogen-bond donors (Lipinski definition) is 1. The fourth-order valence-corrected chi connectivity index (χ4v) is 7.07. The summed E-state index contributed by atoms with van der Waals surface area (Å²) in [5.41, 5.74) is 9.15. The normalized spacial score (nSPS) is 13.8. The van der Waals surface area contributed by atoms with Crippen LogP contribution in [0.3, 0.4) is 0 Å². The number of benzene rings is 3. The van der Waals surface area contributed by atoms with Gasteiger partial charge in [0.2, 0.25) is 0 Å². The summed E-state index contributed by atoms with van der Waals surface area (Å²) >= 11 is 0. The maximum atomic E-state index is 11.7. The third-order valence-corrected chi connectivity index (χ3v) is 9.67. The van der Waals surface area contributed by atoms with Crippen LogP contribution in [0.5, 0.6) is 0 Å². The van der Waals surface area contributed by atoms with Gasteiger partial charge >= 0.3 is 0 Å². The zero-order valence-corrected chi connectivity index (χ0v) is 32.3. The number of fused-ring (bicyclic) bond motifs is 3. The Morgan fingerprint density at radius 2 is 1.57 bits per heavy atom. The summed E-state index contributed by atoms with van der Waals surface area (Å²) in [7, 11) is 0. The third kappa shape index (κ3) is 7.83. The topological polar surface area (TPSA) is 50.2 Å². The molecular weight excluding hydrogens is 743 g/mol. The van der Waals surface area contributed by atoms with Gasteiger partial charge in [-0.3, -0.25) is 9.78 Å². The first kappa shape index (κ1) is 37.6. The van der Waals surface area contributed by atoms with Crippen LogP contribution < -0.4 is 0 Å². The molecule has 0 fully saturated rings. The van der Waals surface area contributed by atoms with Gasteiger partial charge in [0.15, 0.2) is 5.78 Å². The van der Waals surface area contributed by atoms with Crippen LogP contribution in [0.1, 0.15) is 116 Å². The van der Waals surface area contributed by atoms with Crippen molar-refractivity contribution < 1.29 is 30.0 Å². The molecule has 0 amide bonds. The van der Waals surface area contributed by atoms with Crippen LogP contribution in [0, 0.1) is 37.2 Å². The Hall–Kier alpha value is -2.81. The average molecular weight is 797 g/mol. The van der Waals surface area contributed by atoms with E-state index in [1.807, 2.05) is 33.9 Å². The van der Waals surface area contributed by atoms with Crippen molar-refractivity contribution in [3.63, 3.8) is 0 Å². The molecule has 3 nitrogen and oxygen atoms in total. The number of carbonyl (C=O) groups excluding carboxylic acids is 1. The van der Waals surface area contributed by atoms with E-state index in [4.69, 9.17) is 4.98 Å². The molecule has 4 heteroatoms. The largest absolute Gasteiger partial charge is 0.512 e. The molecule has 0 saturated carbocycles. The van der Waals surface area contributed by atoms with Gasteiger partial charge < -0.3 is 5.11 Å². The second-order valence-electron chi connectivity index (χ2n) is 14.9. The summed E-state index contributed by atoms with van der Waals surface area (Å²) < 4.78 is 0. The number of aromatic nitrogens is 1. The number of aliphatic hydroxyl groups is 1. The molecule has 0 aliphatic heterocycles. The van der Waals surface area contributed by atoms with Gasteiger partial charge in [0.1, 0.15) is 0 Å². The summed E-state index contributed by atoms with van der Waals surface area (Å²) in [5.74, 6) is 0.547. The number of allylic oxidation sites excluding steroid dienone is 2. The van der Waals surface area contributed by atoms with Gasteiger partial charge in [0.25, 0.3) is 0 Å². The Labute approximate surface area is 291 Å². The van der Waals surface area contributed by atoms with E-state index in [9.17, 15) is 9.90 Å². The Morgan fingerprint density at radius 1 is 0.935 bits per heavy atom. The molecule has 5 rings (SSSR count). The zero-order valence-electron chi connectivity index (χ0n) is 29.9. The quantitative estimate of drug-likeness (QED) is 0.110. The van der Waals surface area contributed by atoms with Gasteiger partial charge in [-0.05, 0) is 84.7 Å². The van der Waals surface area contributed by atoms with Crippen molar-refractivity contribution in [2.45, 2.75) is 114 Å². The van der Waals surface area contributed by atoms with Gasteiger partial charge in [-0.2, -0.15) is 0 Å². The molecule has 46 heavy (non-hydrogen) atoms. The molecule has 1 radical (unpaired) electrons. The first-order chi connectivity index (χ1) is 21.1. The Morgan fingerprint density at radius 3 is 2.15 bits per heavy atom. The second kappa shape index (κ2) is 15.0. The molecule has 1 aliphatic carbocycles. The number of ketones is 1. The molecule has 249 valence electrons. The van der Waals surface area contributed by atoms with Crippen LogP contribution in [0.25, 0.3) is 32.8 Å². The monoisotopic (exact) mass is 797 g/mol. The summed E-state index contributed by atoms with van der Waals surface area (Å²) in [6.45, 7) is 24.1. The van der Waals surface area contributed by atoms with Gasteiger partial charge in [-0.1, -0.05) is 108 Å². The molecular formula is C42H54IrNO2-. The summed E-state index contributed by atoms with van der Waals surface area (Å²) in [6.07, 6.45) is 7.94. The van der Waals surface area contributed by atoms with Crippen molar-refractivity contribution in [2.75, 3.05) is 0 Å². The summed E-state index contributed by atoms with van der Waals surface area (Å²) in [4.78, 5) is 16.6. The van der Waals surface area contributed by atoms with Gasteiger partial charge in [-0.25, -0.2) is 0 Å². The summed E-state index contributed by atoms with van der Waals surface area (Å²) in [5, 5.41) is 14.8. The average Bonchev–Trinajstić information content (AvgIpc) is 2.96. The SMILES string of the molecule is CCC(CC)C(=O)/C=C(\O)C(CC)CC.Cc1cc(C)c2cc3c([c-]c2c1)-c1nccc2cc(CC(C)(C)C)cc(c12)C3(C)C.[Ir]. The standard InChI is InChI=1S/C29H30N.C13H24O2.Ir/c1-17-10-18(2)22-15-24-23(14-21(22)11-17)27-26-20(8-9-30-27)12-19(16-28(3,4)5)13-25(26)29(24,6)7;1-5-10(6-2)12(14)9-13(15)11(7-3)8-4;/h8-13,15H,16H2,1-7H3;9-11,14H,5-8H2,1-4H3;/q-1;;/b;12-9-;. The van der Waals surface area contributed by atoms with Crippen LogP contribution in [0.15, 0.2) is 54.4 Å². The maximum Gasteiger partial charge on any atom is 0.162 e. The molecule has 0 unspecified atom stereocenters. The third-order valence-electron chi connectivity index (χ3n) is 9.67. The first-order valence-electron chi connectivity index (χ1n) is 17.0. The molecule has 3 aromatic carbocycles.